The van der Waals surface area contributed by atoms with Crippen molar-refractivity contribution in [2.75, 3.05) is 32.8 Å². The molecule has 130 valence electrons. The van der Waals surface area contributed by atoms with Crippen LogP contribution in [0.2, 0.25) is 0 Å². The quantitative estimate of drug-likeness (QED) is 0.835. The lowest BCUT2D eigenvalue weighted by molar-refractivity contribution is -0.126. The molecule has 0 aromatic carbocycles. The highest BCUT2D eigenvalue weighted by molar-refractivity contribution is 5.94. The Morgan fingerprint density at radius 3 is 3.04 bits per heavy atom. The fraction of sp³-hybridized carbons (Fsp3) is 0.667. The number of nitrogens with zero attached hydrogens (tertiary/aromatic N) is 4. The van der Waals surface area contributed by atoms with Gasteiger partial charge in [-0.2, -0.15) is 5.10 Å². The van der Waals surface area contributed by atoms with Crippen molar-refractivity contribution in [1.82, 2.24) is 19.6 Å². The molecule has 4 rings (SSSR count). The third kappa shape index (κ3) is 3.26. The number of hydrogen-bond donors (Lipinski definition) is 0. The maximum absolute atomic E-state index is 12.6. The first-order valence-electron chi connectivity index (χ1n) is 8.99. The van der Waals surface area contributed by atoms with Crippen LogP contribution in [0.1, 0.15) is 24.8 Å². The number of hydrogen-bond acceptors (Lipinski definition) is 4. The Balaban J connectivity index is 1.39. The predicted octanol–water partition coefficient (Wildman–Crippen LogP) is 1.19. The van der Waals surface area contributed by atoms with E-state index in [0.29, 0.717) is 5.92 Å². The normalized spacial score (nSPS) is 27.9. The van der Waals surface area contributed by atoms with Crippen LogP contribution in [-0.2, 0) is 23.1 Å². The van der Waals surface area contributed by atoms with E-state index in [0.717, 1.165) is 64.2 Å². The minimum absolute atomic E-state index is 0.190. The Morgan fingerprint density at radius 1 is 1.38 bits per heavy atom. The van der Waals surface area contributed by atoms with Crippen LogP contribution in [0.5, 0.6) is 0 Å². The van der Waals surface area contributed by atoms with E-state index in [-0.39, 0.29) is 12.0 Å². The molecular formula is C18H26N4O2. The molecule has 3 aliphatic rings. The van der Waals surface area contributed by atoms with Gasteiger partial charge in [-0.05, 0) is 19.3 Å². The molecule has 0 spiro atoms. The van der Waals surface area contributed by atoms with E-state index in [1.54, 1.807) is 0 Å². The lowest BCUT2D eigenvalue weighted by Gasteiger charge is -2.23. The minimum atomic E-state index is 0.190. The Kier molecular flexibility index (Phi) is 4.41. The van der Waals surface area contributed by atoms with Gasteiger partial charge in [0.1, 0.15) is 0 Å². The predicted molar refractivity (Wildman–Crippen MR) is 90.2 cm³/mol. The van der Waals surface area contributed by atoms with Gasteiger partial charge in [-0.15, -0.1) is 0 Å². The minimum Gasteiger partial charge on any atom is -0.375 e. The van der Waals surface area contributed by atoms with Crippen LogP contribution in [-0.4, -0.2) is 64.4 Å². The molecule has 24 heavy (non-hydrogen) atoms. The van der Waals surface area contributed by atoms with E-state index in [2.05, 4.69) is 22.3 Å². The molecular weight excluding hydrogens is 304 g/mol. The van der Waals surface area contributed by atoms with Crippen molar-refractivity contribution in [1.29, 1.82) is 0 Å². The van der Waals surface area contributed by atoms with Crippen LogP contribution in [0, 0.1) is 5.92 Å². The molecule has 1 aromatic heterocycles. The fourth-order valence-electron chi connectivity index (χ4n) is 4.15. The van der Waals surface area contributed by atoms with Crippen molar-refractivity contribution in [3.05, 3.63) is 29.6 Å². The number of aromatic nitrogens is 2. The molecule has 0 radical (unpaired) electrons. The van der Waals surface area contributed by atoms with E-state index >= 15 is 0 Å². The summed E-state index contributed by atoms with van der Waals surface area (Å²) < 4.78 is 7.91. The second kappa shape index (κ2) is 6.69. The third-order valence-electron chi connectivity index (χ3n) is 5.38. The number of likely N-dealkylation sites (tertiary alicyclic amines) is 1. The third-order valence-corrected chi connectivity index (χ3v) is 5.38. The fourth-order valence-corrected chi connectivity index (χ4v) is 4.15. The summed E-state index contributed by atoms with van der Waals surface area (Å²) in [5, 5.41) is 4.25. The molecule has 2 aliphatic heterocycles. The SMILES string of the molecule is Cn1cc(CN2CCO[C@H]3CN(C(=O)C4=CCCC4)C[C@H]3C2)cn1. The summed E-state index contributed by atoms with van der Waals surface area (Å²) in [5.41, 5.74) is 2.25. The van der Waals surface area contributed by atoms with Crippen LogP contribution in [0.25, 0.3) is 0 Å². The van der Waals surface area contributed by atoms with Crippen molar-refractivity contribution in [3.8, 4) is 0 Å². The van der Waals surface area contributed by atoms with Crippen LogP contribution >= 0.6 is 0 Å². The number of carbonyl (C=O) groups is 1. The zero-order valence-corrected chi connectivity index (χ0v) is 14.4. The average Bonchev–Trinajstić information content (AvgIpc) is 3.28. The molecule has 2 fully saturated rings. The molecule has 1 amide bonds. The number of ether oxygens (including phenoxy) is 1. The van der Waals surface area contributed by atoms with Crippen molar-refractivity contribution in [3.63, 3.8) is 0 Å². The smallest absolute Gasteiger partial charge is 0.249 e. The Labute approximate surface area is 143 Å². The zero-order chi connectivity index (χ0) is 16.5. The zero-order valence-electron chi connectivity index (χ0n) is 14.4. The second-order valence-corrected chi connectivity index (χ2v) is 7.26. The van der Waals surface area contributed by atoms with Crippen LogP contribution in [0.15, 0.2) is 24.0 Å². The highest BCUT2D eigenvalue weighted by Crippen LogP contribution is 2.28. The van der Waals surface area contributed by atoms with E-state index in [1.165, 1.54) is 5.56 Å². The first-order valence-corrected chi connectivity index (χ1v) is 8.99. The van der Waals surface area contributed by atoms with E-state index < -0.39 is 0 Å². The molecule has 2 saturated heterocycles. The monoisotopic (exact) mass is 330 g/mol. The van der Waals surface area contributed by atoms with Crippen LogP contribution in [0.4, 0.5) is 0 Å². The van der Waals surface area contributed by atoms with Gasteiger partial charge in [-0.1, -0.05) is 6.08 Å². The summed E-state index contributed by atoms with van der Waals surface area (Å²) in [5.74, 6) is 0.651. The van der Waals surface area contributed by atoms with Gasteiger partial charge in [0.15, 0.2) is 0 Å². The van der Waals surface area contributed by atoms with E-state index in [4.69, 9.17) is 4.74 Å². The van der Waals surface area contributed by atoms with Gasteiger partial charge in [0.2, 0.25) is 5.91 Å². The van der Waals surface area contributed by atoms with Crippen LogP contribution in [0.3, 0.4) is 0 Å². The number of carbonyl (C=O) groups excluding carboxylic acids is 1. The summed E-state index contributed by atoms with van der Waals surface area (Å²) >= 11 is 0. The van der Waals surface area contributed by atoms with Gasteiger partial charge in [-0.3, -0.25) is 14.4 Å². The lowest BCUT2D eigenvalue weighted by Crippen LogP contribution is -2.34. The summed E-state index contributed by atoms with van der Waals surface area (Å²) in [6.07, 6.45) is 9.43. The maximum atomic E-state index is 12.6. The summed E-state index contributed by atoms with van der Waals surface area (Å²) in [6, 6.07) is 0. The molecule has 1 aromatic rings. The largest absolute Gasteiger partial charge is 0.375 e. The summed E-state index contributed by atoms with van der Waals surface area (Å²) in [6.45, 7) is 5.15. The Bertz CT molecular complexity index is 639. The van der Waals surface area contributed by atoms with Crippen molar-refractivity contribution in [2.24, 2.45) is 13.0 Å². The first kappa shape index (κ1) is 15.8. The first-order chi connectivity index (χ1) is 11.7. The summed E-state index contributed by atoms with van der Waals surface area (Å²) in [4.78, 5) is 17.1. The lowest BCUT2D eigenvalue weighted by atomic mass is 10.1. The van der Waals surface area contributed by atoms with Gasteiger partial charge in [0, 0.05) is 63.0 Å². The standard InChI is InChI=1S/C18H26N4O2/c1-20-9-14(8-19-20)10-21-6-7-24-17-13-22(12-16(17)11-21)18(23)15-4-2-3-5-15/h4,8-9,16-17H,2-3,5-7,10-13H2,1H3/t16-,17+/m1/s1. The van der Waals surface area contributed by atoms with Gasteiger partial charge in [0.25, 0.3) is 0 Å². The van der Waals surface area contributed by atoms with E-state index in [1.807, 2.05) is 22.8 Å². The molecule has 0 bridgehead atoms. The van der Waals surface area contributed by atoms with Gasteiger partial charge < -0.3 is 9.64 Å². The number of rotatable bonds is 3. The molecule has 0 unspecified atom stereocenters. The molecule has 0 saturated carbocycles. The molecule has 1 aliphatic carbocycles. The number of amides is 1. The molecule has 0 N–H and O–H groups in total. The summed E-state index contributed by atoms with van der Waals surface area (Å²) in [7, 11) is 1.95. The van der Waals surface area contributed by atoms with Gasteiger partial charge in [0.05, 0.1) is 18.9 Å². The highest BCUT2D eigenvalue weighted by Gasteiger charge is 2.39. The number of fused-ring (bicyclic) bond motifs is 1. The highest BCUT2D eigenvalue weighted by atomic mass is 16.5. The van der Waals surface area contributed by atoms with Gasteiger partial charge in [-0.25, -0.2) is 0 Å². The van der Waals surface area contributed by atoms with Crippen LogP contribution < -0.4 is 0 Å². The average molecular weight is 330 g/mol. The maximum Gasteiger partial charge on any atom is 0.249 e. The topological polar surface area (TPSA) is 50.6 Å². The molecule has 2 atom stereocenters. The van der Waals surface area contributed by atoms with Gasteiger partial charge >= 0.3 is 0 Å². The Morgan fingerprint density at radius 2 is 2.29 bits per heavy atom. The van der Waals surface area contributed by atoms with Crippen molar-refractivity contribution < 1.29 is 9.53 Å². The number of allylic oxidation sites excluding steroid dienone is 1. The number of aryl methyl sites for hydroxylation is 1. The molecule has 6 heteroatoms. The van der Waals surface area contributed by atoms with Crippen molar-refractivity contribution >= 4 is 5.91 Å². The van der Waals surface area contributed by atoms with Crippen molar-refractivity contribution in [2.45, 2.75) is 31.9 Å². The molecule has 6 nitrogen and oxygen atoms in total. The van der Waals surface area contributed by atoms with E-state index in [9.17, 15) is 4.79 Å². The second-order valence-electron chi connectivity index (χ2n) is 7.26. The molecule has 3 heterocycles. The Hall–Kier alpha value is -1.66.